The fraction of sp³-hybridized carbons (Fsp3) is 1.00. The molecule has 1 aliphatic heterocycles. The molecule has 0 amide bonds. The summed E-state index contributed by atoms with van der Waals surface area (Å²) >= 11 is 1.58. The number of likely N-dealkylation sites (N-methyl/N-ethyl adjacent to an activating group) is 1. The lowest BCUT2D eigenvalue weighted by atomic mass is 9.99. The normalized spacial score (nSPS) is 34.6. The lowest BCUT2D eigenvalue weighted by Gasteiger charge is -2.43. The first-order chi connectivity index (χ1) is 9.52. The van der Waals surface area contributed by atoms with Crippen LogP contribution in [0, 0.1) is 0 Å². The summed E-state index contributed by atoms with van der Waals surface area (Å²) in [7, 11) is 3.02. The molecule has 0 aromatic heterocycles. The Kier molecular flexibility index (Phi) is 8.30. The average Bonchev–Trinajstić information content (AvgIpc) is 2.46. The predicted molar refractivity (Wildman–Crippen MR) is 75.1 cm³/mol. The Morgan fingerprint density at radius 2 is 1.85 bits per heavy atom. The first kappa shape index (κ1) is 18.1. The van der Waals surface area contributed by atoms with Crippen molar-refractivity contribution in [3.8, 4) is 0 Å². The van der Waals surface area contributed by atoms with Gasteiger partial charge in [0.05, 0.1) is 13.2 Å². The Balaban J connectivity index is 2.48. The molecular formula is C12H25NO6S. The Labute approximate surface area is 123 Å². The van der Waals surface area contributed by atoms with Gasteiger partial charge in [0.1, 0.15) is 18.3 Å². The number of aliphatic hydroxyl groups is 4. The van der Waals surface area contributed by atoms with Gasteiger partial charge in [0.25, 0.3) is 0 Å². The monoisotopic (exact) mass is 311 g/mol. The van der Waals surface area contributed by atoms with E-state index in [4.69, 9.17) is 14.7 Å². The van der Waals surface area contributed by atoms with E-state index in [1.54, 1.807) is 18.8 Å². The van der Waals surface area contributed by atoms with Gasteiger partial charge in [0.15, 0.2) is 6.23 Å². The van der Waals surface area contributed by atoms with Crippen LogP contribution in [0.4, 0.5) is 0 Å². The number of nitrogens with zero attached hydrogens (tertiary/aromatic N) is 1. The van der Waals surface area contributed by atoms with Crippen LogP contribution < -0.4 is 0 Å². The van der Waals surface area contributed by atoms with E-state index in [1.165, 1.54) is 12.2 Å². The molecule has 7 nitrogen and oxygen atoms in total. The molecule has 0 radical (unpaired) electrons. The summed E-state index contributed by atoms with van der Waals surface area (Å²) in [6.07, 6.45) is -3.39. The highest BCUT2D eigenvalue weighted by molar-refractivity contribution is 7.99. The molecule has 8 heteroatoms. The summed E-state index contributed by atoms with van der Waals surface area (Å²) in [5, 5.41) is 39.7. The van der Waals surface area contributed by atoms with Crippen molar-refractivity contribution in [1.29, 1.82) is 0 Å². The molecule has 0 saturated carbocycles. The molecule has 4 N–H and O–H groups in total. The molecule has 0 aliphatic carbocycles. The highest BCUT2D eigenvalue weighted by Crippen LogP contribution is 2.25. The molecule has 1 rings (SSSR count). The van der Waals surface area contributed by atoms with Gasteiger partial charge in [0.2, 0.25) is 0 Å². The van der Waals surface area contributed by atoms with Gasteiger partial charge in [0, 0.05) is 19.4 Å². The van der Waals surface area contributed by atoms with Crippen LogP contribution in [0.25, 0.3) is 0 Å². The lowest BCUT2D eigenvalue weighted by Crippen LogP contribution is -2.62. The van der Waals surface area contributed by atoms with Crippen molar-refractivity contribution in [2.45, 2.75) is 43.5 Å². The Hall–Kier alpha value is 0.0700. The largest absolute Gasteiger partial charge is 0.396 e. The van der Waals surface area contributed by atoms with Crippen LogP contribution in [0.3, 0.4) is 0 Å². The van der Waals surface area contributed by atoms with Crippen molar-refractivity contribution in [2.24, 2.45) is 0 Å². The van der Waals surface area contributed by atoms with E-state index in [1.807, 2.05) is 0 Å². The number of hydrogen-bond donors (Lipinski definition) is 4. The molecule has 5 atom stereocenters. The minimum Gasteiger partial charge on any atom is -0.396 e. The smallest absolute Gasteiger partial charge is 0.161 e. The Morgan fingerprint density at radius 1 is 1.15 bits per heavy atom. The summed E-state index contributed by atoms with van der Waals surface area (Å²) in [5.74, 6) is 1.35. The van der Waals surface area contributed by atoms with Crippen LogP contribution in [0.2, 0.25) is 0 Å². The highest BCUT2D eigenvalue weighted by Gasteiger charge is 2.45. The number of hydrogen-bond acceptors (Lipinski definition) is 8. The van der Waals surface area contributed by atoms with Gasteiger partial charge in [-0.1, -0.05) is 0 Å². The quantitative estimate of drug-likeness (QED) is 0.327. The van der Waals surface area contributed by atoms with Crippen LogP contribution in [0.1, 0.15) is 12.8 Å². The second kappa shape index (κ2) is 9.16. The lowest BCUT2D eigenvalue weighted by molar-refractivity contribution is -0.313. The van der Waals surface area contributed by atoms with Crippen molar-refractivity contribution in [3.63, 3.8) is 0 Å². The van der Waals surface area contributed by atoms with Gasteiger partial charge in [-0.3, -0.25) is 4.84 Å². The number of hydroxylamine groups is 2. The molecule has 1 heterocycles. The molecule has 1 fully saturated rings. The van der Waals surface area contributed by atoms with Gasteiger partial charge in [-0.05, 0) is 18.6 Å². The maximum Gasteiger partial charge on any atom is 0.161 e. The summed E-state index contributed by atoms with van der Waals surface area (Å²) in [6, 6.07) is 0. The average molecular weight is 311 g/mol. The van der Waals surface area contributed by atoms with Crippen LogP contribution in [-0.4, -0.2) is 88.4 Å². The van der Waals surface area contributed by atoms with Crippen LogP contribution in [0.5, 0.6) is 0 Å². The predicted octanol–water partition coefficient (Wildman–Crippen LogP) is -1.21. The standard InChI is InChI=1S/C12H25NO6S/c1-13(18-2)12-11(17)10(16)9(15)8(19-12)7-20-6-4-3-5-14/h8-12,14-17H,3-7H2,1-2H3. The fourth-order valence-electron chi connectivity index (χ4n) is 1.99. The zero-order valence-electron chi connectivity index (χ0n) is 11.9. The van der Waals surface area contributed by atoms with Crippen molar-refractivity contribution in [1.82, 2.24) is 5.06 Å². The minimum atomic E-state index is -1.27. The molecule has 1 saturated heterocycles. The fourth-order valence-corrected chi connectivity index (χ4v) is 3.07. The molecule has 1 aliphatic rings. The molecule has 5 unspecified atom stereocenters. The molecule has 20 heavy (non-hydrogen) atoms. The summed E-state index contributed by atoms with van der Waals surface area (Å²) in [5.41, 5.74) is 0. The maximum atomic E-state index is 9.94. The van der Waals surface area contributed by atoms with E-state index in [0.29, 0.717) is 5.75 Å². The third-order valence-electron chi connectivity index (χ3n) is 3.31. The topological polar surface area (TPSA) is 103 Å². The number of thioether (sulfide) groups is 1. The highest BCUT2D eigenvalue weighted by atomic mass is 32.2. The van der Waals surface area contributed by atoms with E-state index in [-0.39, 0.29) is 6.61 Å². The second-order valence-corrected chi connectivity index (χ2v) is 5.92. The number of rotatable bonds is 8. The first-order valence-corrected chi connectivity index (χ1v) is 7.83. The number of ether oxygens (including phenoxy) is 1. The SMILES string of the molecule is CON(C)C1OC(CSCCCCO)C(O)C(O)C1O. The van der Waals surface area contributed by atoms with E-state index in [9.17, 15) is 15.3 Å². The van der Waals surface area contributed by atoms with Crippen molar-refractivity contribution in [3.05, 3.63) is 0 Å². The Morgan fingerprint density at radius 3 is 2.45 bits per heavy atom. The summed E-state index contributed by atoms with van der Waals surface area (Å²) in [4.78, 5) is 4.97. The second-order valence-electron chi connectivity index (χ2n) is 4.77. The van der Waals surface area contributed by atoms with E-state index in [2.05, 4.69) is 0 Å². The zero-order chi connectivity index (χ0) is 15.1. The first-order valence-electron chi connectivity index (χ1n) is 6.68. The third-order valence-corrected chi connectivity index (χ3v) is 4.45. The molecule has 0 spiro atoms. The third kappa shape index (κ3) is 4.81. The van der Waals surface area contributed by atoms with Crippen molar-refractivity contribution in [2.75, 3.05) is 32.3 Å². The molecule has 120 valence electrons. The Bertz CT molecular complexity index is 272. The number of aliphatic hydroxyl groups excluding tert-OH is 4. The van der Waals surface area contributed by atoms with Gasteiger partial charge < -0.3 is 25.2 Å². The summed E-state index contributed by atoms with van der Waals surface area (Å²) < 4.78 is 5.61. The summed E-state index contributed by atoms with van der Waals surface area (Å²) in [6.45, 7) is 0.175. The van der Waals surface area contributed by atoms with Crippen LogP contribution in [-0.2, 0) is 9.57 Å². The van der Waals surface area contributed by atoms with E-state index in [0.717, 1.165) is 18.6 Å². The maximum absolute atomic E-state index is 9.94. The van der Waals surface area contributed by atoms with Gasteiger partial charge in [-0.25, -0.2) is 0 Å². The molecule has 0 bridgehead atoms. The molecule has 0 aromatic rings. The van der Waals surface area contributed by atoms with Gasteiger partial charge >= 0.3 is 0 Å². The van der Waals surface area contributed by atoms with E-state index >= 15 is 0 Å². The van der Waals surface area contributed by atoms with Crippen LogP contribution in [0.15, 0.2) is 0 Å². The number of unbranched alkanes of at least 4 members (excludes halogenated alkanes) is 1. The van der Waals surface area contributed by atoms with Crippen molar-refractivity contribution >= 4 is 11.8 Å². The van der Waals surface area contributed by atoms with Crippen LogP contribution >= 0.6 is 11.8 Å². The molecular weight excluding hydrogens is 286 g/mol. The zero-order valence-corrected chi connectivity index (χ0v) is 12.7. The molecule has 0 aromatic carbocycles. The van der Waals surface area contributed by atoms with Gasteiger partial charge in [-0.15, -0.1) is 0 Å². The minimum absolute atomic E-state index is 0.175. The van der Waals surface area contributed by atoms with E-state index < -0.39 is 30.6 Å². The van der Waals surface area contributed by atoms with Gasteiger partial charge in [-0.2, -0.15) is 16.8 Å². The van der Waals surface area contributed by atoms with Crippen molar-refractivity contribution < 1.29 is 30.0 Å².